The molecule has 1 atom stereocenters. The highest BCUT2D eigenvalue weighted by atomic mass is 15.2. The van der Waals surface area contributed by atoms with Crippen LogP contribution in [0.25, 0.3) is 0 Å². The zero-order valence-electron chi connectivity index (χ0n) is 9.97. The first-order chi connectivity index (χ1) is 7.32. The number of rotatable bonds is 4. The molecule has 1 aliphatic heterocycles. The average Bonchev–Trinajstić information content (AvgIpc) is 3.11. The largest absolute Gasteiger partial charge is 0.316 e. The molecule has 0 aromatic carbocycles. The van der Waals surface area contributed by atoms with E-state index in [2.05, 4.69) is 17.3 Å². The summed E-state index contributed by atoms with van der Waals surface area (Å²) < 4.78 is 0. The average molecular weight is 208 g/mol. The third-order valence-electron chi connectivity index (χ3n) is 4.79. The van der Waals surface area contributed by atoms with Crippen LogP contribution in [0.2, 0.25) is 0 Å². The summed E-state index contributed by atoms with van der Waals surface area (Å²) in [5.41, 5.74) is 0.801. The van der Waals surface area contributed by atoms with Gasteiger partial charge < -0.3 is 10.2 Å². The molecule has 3 aliphatic rings. The van der Waals surface area contributed by atoms with Gasteiger partial charge in [-0.2, -0.15) is 0 Å². The Balaban J connectivity index is 1.54. The first kappa shape index (κ1) is 10.1. The van der Waals surface area contributed by atoms with Crippen LogP contribution in [0, 0.1) is 11.3 Å². The van der Waals surface area contributed by atoms with Crippen LogP contribution in [-0.2, 0) is 0 Å². The quantitative estimate of drug-likeness (QED) is 0.758. The molecule has 2 heteroatoms. The van der Waals surface area contributed by atoms with Crippen molar-refractivity contribution >= 4 is 0 Å². The molecule has 3 fully saturated rings. The molecule has 0 radical (unpaired) electrons. The summed E-state index contributed by atoms with van der Waals surface area (Å²) in [5.74, 6) is 1.12. The number of piperidine rings is 1. The van der Waals surface area contributed by atoms with Crippen molar-refractivity contribution in [2.45, 2.75) is 44.6 Å². The SMILES string of the molecule is CNC1CCCN(CC2(C3CC3)CC2)C1. The van der Waals surface area contributed by atoms with Gasteiger partial charge in [0.25, 0.3) is 0 Å². The minimum absolute atomic E-state index is 0.758. The Morgan fingerprint density at radius 2 is 2.07 bits per heavy atom. The highest BCUT2D eigenvalue weighted by Gasteiger charge is 2.54. The number of nitrogens with one attached hydrogen (secondary N) is 1. The van der Waals surface area contributed by atoms with Crippen LogP contribution >= 0.6 is 0 Å². The van der Waals surface area contributed by atoms with Crippen LogP contribution in [0.5, 0.6) is 0 Å². The van der Waals surface area contributed by atoms with Gasteiger partial charge in [0.15, 0.2) is 0 Å². The van der Waals surface area contributed by atoms with Crippen molar-refractivity contribution in [3.8, 4) is 0 Å². The topological polar surface area (TPSA) is 15.3 Å². The maximum atomic E-state index is 3.44. The Kier molecular flexibility index (Phi) is 2.52. The molecule has 2 saturated carbocycles. The van der Waals surface area contributed by atoms with Gasteiger partial charge in [0, 0.05) is 19.1 Å². The van der Waals surface area contributed by atoms with Crippen LogP contribution in [0.4, 0.5) is 0 Å². The Morgan fingerprint density at radius 1 is 1.27 bits per heavy atom. The standard InChI is InChI=1S/C13H24N2/c1-14-12-3-2-8-15(9-12)10-13(6-7-13)11-4-5-11/h11-12,14H,2-10H2,1H3. The molecule has 1 heterocycles. The molecule has 0 aromatic heterocycles. The molecular weight excluding hydrogens is 184 g/mol. The maximum Gasteiger partial charge on any atom is 0.0192 e. The second-order valence-corrected chi connectivity index (χ2v) is 6.00. The summed E-state index contributed by atoms with van der Waals surface area (Å²) in [7, 11) is 2.11. The normalized spacial score (nSPS) is 35.4. The molecule has 0 bridgehead atoms. The molecule has 0 spiro atoms. The van der Waals surface area contributed by atoms with Crippen LogP contribution < -0.4 is 5.32 Å². The summed E-state index contributed by atoms with van der Waals surface area (Å²) in [4.78, 5) is 2.73. The van der Waals surface area contributed by atoms with E-state index < -0.39 is 0 Å². The van der Waals surface area contributed by atoms with Gasteiger partial charge in [-0.3, -0.25) is 0 Å². The van der Waals surface area contributed by atoms with Crippen molar-refractivity contribution < 1.29 is 0 Å². The van der Waals surface area contributed by atoms with E-state index in [0.717, 1.165) is 17.4 Å². The molecule has 0 amide bonds. The number of likely N-dealkylation sites (tertiary alicyclic amines) is 1. The van der Waals surface area contributed by atoms with E-state index in [0.29, 0.717) is 0 Å². The lowest BCUT2D eigenvalue weighted by atomic mass is 9.97. The van der Waals surface area contributed by atoms with Crippen LogP contribution in [0.3, 0.4) is 0 Å². The zero-order chi connectivity index (χ0) is 10.3. The highest BCUT2D eigenvalue weighted by Crippen LogP contribution is 2.61. The molecule has 1 saturated heterocycles. The Hall–Kier alpha value is -0.0800. The van der Waals surface area contributed by atoms with Crippen molar-refractivity contribution in [2.75, 3.05) is 26.7 Å². The van der Waals surface area contributed by atoms with Crippen molar-refractivity contribution in [2.24, 2.45) is 11.3 Å². The predicted octanol–water partition coefficient (Wildman–Crippen LogP) is 1.86. The van der Waals surface area contributed by atoms with Crippen molar-refractivity contribution in [1.29, 1.82) is 0 Å². The number of hydrogen-bond donors (Lipinski definition) is 1. The van der Waals surface area contributed by atoms with Gasteiger partial charge in [0.1, 0.15) is 0 Å². The smallest absolute Gasteiger partial charge is 0.0192 e. The molecule has 0 aromatic rings. The van der Waals surface area contributed by atoms with E-state index in [4.69, 9.17) is 0 Å². The van der Waals surface area contributed by atoms with Gasteiger partial charge in [-0.25, -0.2) is 0 Å². The first-order valence-electron chi connectivity index (χ1n) is 6.72. The number of likely N-dealkylation sites (N-methyl/N-ethyl adjacent to an activating group) is 1. The van der Waals surface area contributed by atoms with E-state index in [1.807, 2.05) is 0 Å². The summed E-state index contributed by atoms with van der Waals surface area (Å²) in [6.07, 6.45) is 8.89. The molecule has 86 valence electrons. The van der Waals surface area contributed by atoms with Crippen molar-refractivity contribution in [3.05, 3.63) is 0 Å². The second kappa shape index (κ2) is 3.74. The summed E-state index contributed by atoms with van der Waals surface area (Å²) in [6, 6.07) is 0.758. The summed E-state index contributed by atoms with van der Waals surface area (Å²) in [6.45, 7) is 4.06. The van der Waals surface area contributed by atoms with E-state index in [1.165, 1.54) is 58.2 Å². The van der Waals surface area contributed by atoms with Crippen molar-refractivity contribution in [1.82, 2.24) is 10.2 Å². The minimum atomic E-state index is 0.758. The lowest BCUT2D eigenvalue weighted by Gasteiger charge is -2.35. The zero-order valence-corrected chi connectivity index (χ0v) is 9.97. The molecule has 3 rings (SSSR count). The van der Waals surface area contributed by atoms with E-state index in [1.54, 1.807) is 0 Å². The first-order valence-corrected chi connectivity index (χ1v) is 6.72. The predicted molar refractivity (Wildman–Crippen MR) is 62.9 cm³/mol. The van der Waals surface area contributed by atoms with Crippen LogP contribution in [-0.4, -0.2) is 37.6 Å². The number of hydrogen-bond acceptors (Lipinski definition) is 2. The lowest BCUT2D eigenvalue weighted by Crippen LogP contribution is -2.46. The fourth-order valence-electron chi connectivity index (χ4n) is 3.43. The third-order valence-corrected chi connectivity index (χ3v) is 4.79. The van der Waals surface area contributed by atoms with Crippen molar-refractivity contribution in [3.63, 3.8) is 0 Å². The van der Waals surface area contributed by atoms with Gasteiger partial charge in [-0.05, 0) is 63.5 Å². The molecule has 15 heavy (non-hydrogen) atoms. The molecule has 2 nitrogen and oxygen atoms in total. The van der Waals surface area contributed by atoms with Gasteiger partial charge >= 0.3 is 0 Å². The monoisotopic (exact) mass is 208 g/mol. The van der Waals surface area contributed by atoms with Gasteiger partial charge in [0.2, 0.25) is 0 Å². The van der Waals surface area contributed by atoms with Gasteiger partial charge in [-0.15, -0.1) is 0 Å². The molecule has 1 N–H and O–H groups in total. The highest BCUT2D eigenvalue weighted by molar-refractivity contribution is 5.05. The number of nitrogens with zero attached hydrogens (tertiary/aromatic N) is 1. The fraction of sp³-hybridized carbons (Fsp3) is 1.00. The second-order valence-electron chi connectivity index (χ2n) is 6.00. The third kappa shape index (κ3) is 2.07. The molecular formula is C13H24N2. The van der Waals surface area contributed by atoms with Crippen LogP contribution in [0.1, 0.15) is 38.5 Å². The fourth-order valence-corrected chi connectivity index (χ4v) is 3.43. The van der Waals surface area contributed by atoms with E-state index in [9.17, 15) is 0 Å². The molecule has 1 unspecified atom stereocenters. The van der Waals surface area contributed by atoms with E-state index >= 15 is 0 Å². The summed E-state index contributed by atoms with van der Waals surface area (Å²) in [5, 5.41) is 3.44. The van der Waals surface area contributed by atoms with E-state index in [-0.39, 0.29) is 0 Å². The lowest BCUT2D eigenvalue weighted by molar-refractivity contribution is 0.152. The Bertz CT molecular complexity index is 231. The van der Waals surface area contributed by atoms with Crippen LogP contribution in [0.15, 0.2) is 0 Å². The van der Waals surface area contributed by atoms with Gasteiger partial charge in [0.05, 0.1) is 0 Å². The Labute approximate surface area is 93.4 Å². The summed E-state index contributed by atoms with van der Waals surface area (Å²) >= 11 is 0. The molecule has 2 aliphatic carbocycles. The van der Waals surface area contributed by atoms with Gasteiger partial charge in [-0.1, -0.05) is 0 Å². The maximum absolute atomic E-state index is 3.44. The Morgan fingerprint density at radius 3 is 2.67 bits per heavy atom. The minimum Gasteiger partial charge on any atom is -0.316 e.